The quantitative estimate of drug-likeness (QED) is 0.843. The number of hydrogen-bond donors (Lipinski definition) is 1. The first-order valence-electron chi connectivity index (χ1n) is 6.25. The Labute approximate surface area is 120 Å². The monoisotopic (exact) mass is 284 g/mol. The topological polar surface area (TPSA) is 55.6 Å². The van der Waals surface area contributed by atoms with Crippen LogP contribution in [0.3, 0.4) is 0 Å². The van der Waals surface area contributed by atoms with E-state index in [-0.39, 0.29) is 18.4 Å². The molecule has 2 rings (SSSR count). The molecular formula is C14H21ClN2O2. The molecule has 0 bridgehead atoms. The van der Waals surface area contributed by atoms with Gasteiger partial charge in [0.2, 0.25) is 0 Å². The highest BCUT2D eigenvalue weighted by atomic mass is 35.5. The van der Waals surface area contributed by atoms with Crippen molar-refractivity contribution in [1.82, 2.24) is 0 Å². The first-order chi connectivity index (χ1) is 8.57. The Hall–Kier alpha value is -1.26. The summed E-state index contributed by atoms with van der Waals surface area (Å²) in [6.45, 7) is 3.67. The molecule has 0 unspecified atom stereocenters. The fourth-order valence-corrected chi connectivity index (χ4v) is 2.47. The van der Waals surface area contributed by atoms with Crippen molar-refractivity contribution in [2.75, 3.05) is 25.1 Å². The zero-order valence-corrected chi connectivity index (χ0v) is 12.2. The van der Waals surface area contributed by atoms with Crippen LogP contribution in [0.1, 0.15) is 18.4 Å². The number of rotatable bonds is 2. The van der Waals surface area contributed by atoms with E-state index in [0.717, 1.165) is 13.1 Å². The highest BCUT2D eigenvalue weighted by Gasteiger charge is 2.38. The number of carbonyl (C=O) groups excluding carboxylic acids is 1. The zero-order chi connectivity index (χ0) is 13.2. The van der Waals surface area contributed by atoms with Crippen LogP contribution in [0.25, 0.3) is 0 Å². The van der Waals surface area contributed by atoms with Crippen LogP contribution in [0, 0.1) is 6.92 Å². The van der Waals surface area contributed by atoms with E-state index in [4.69, 9.17) is 10.5 Å². The number of nitrogens with two attached hydrogens (primary N) is 1. The van der Waals surface area contributed by atoms with Gasteiger partial charge < -0.3 is 15.4 Å². The minimum atomic E-state index is -0.812. The lowest BCUT2D eigenvalue weighted by Crippen LogP contribution is -2.56. The van der Waals surface area contributed by atoms with Gasteiger partial charge in [-0.15, -0.1) is 12.4 Å². The molecule has 1 fully saturated rings. The summed E-state index contributed by atoms with van der Waals surface area (Å²) in [7, 11) is 1.39. The van der Waals surface area contributed by atoms with E-state index in [9.17, 15) is 4.79 Å². The third-order valence-electron chi connectivity index (χ3n) is 3.70. The number of hydrogen-bond acceptors (Lipinski definition) is 4. The molecule has 5 heteroatoms. The van der Waals surface area contributed by atoms with Crippen molar-refractivity contribution in [3.05, 3.63) is 29.8 Å². The van der Waals surface area contributed by atoms with Crippen LogP contribution < -0.4 is 10.6 Å². The Balaban J connectivity index is 0.00000180. The van der Waals surface area contributed by atoms with Crippen molar-refractivity contribution in [2.24, 2.45) is 5.73 Å². The van der Waals surface area contributed by atoms with Crippen molar-refractivity contribution < 1.29 is 9.53 Å². The van der Waals surface area contributed by atoms with Crippen LogP contribution in [-0.2, 0) is 9.53 Å². The molecule has 4 nitrogen and oxygen atoms in total. The highest BCUT2D eigenvalue weighted by Crippen LogP contribution is 2.27. The molecule has 19 heavy (non-hydrogen) atoms. The highest BCUT2D eigenvalue weighted by molar-refractivity contribution is 5.85. The third-order valence-corrected chi connectivity index (χ3v) is 3.70. The fourth-order valence-electron chi connectivity index (χ4n) is 2.47. The lowest BCUT2D eigenvalue weighted by molar-refractivity contribution is -0.147. The number of benzene rings is 1. The van der Waals surface area contributed by atoms with Crippen LogP contribution in [0.5, 0.6) is 0 Å². The third kappa shape index (κ3) is 3.19. The number of nitrogens with zero attached hydrogens (tertiary/aromatic N) is 1. The van der Waals surface area contributed by atoms with Crippen LogP contribution in [0.2, 0.25) is 0 Å². The van der Waals surface area contributed by atoms with Crippen molar-refractivity contribution >= 4 is 24.1 Å². The number of esters is 1. The van der Waals surface area contributed by atoms with E-state index in [0.29, 0.717) is 12.8 Å². The van der Waals surface area contributed by atoms with Crippen LogP contribution in [0.4, 0.5) is 5.69 Å². The molecule has 1 heterocycles. The largest absolute Gasteiger partial charge is 0.468 e. The van der Waals surface area contributed by atoms with Crippen molar-refractivity contribution in [2.45, 2.75) is 25.3 Å². The minimum Gasteiger partial charge on any atom is -0.468 e. The van der Waals surface area contributed by atoms with Gasteiger partial charge in [-0.05, 0) is 31.4 Å². The number of aryl methyl sites for hydroxylation is 1. The molecule has 0 aliphatic carbocycles. The van der Waals surface area contributed by atoms with Gasteiger partial charge in [-0.25, -0.2) is 0 Å². The van der Waals surface area contributed by atoms with Crippen LogP contribution >= 0.6 is 12.4 Å². The molecule has 1 aromatic rings. The molecule has 1 aromatic carbocycles. The molecule has 0 saturated carbocycles. The van der Waals surface area contributed by atoms with Crippen molar-refractivity contribution in [3.63, 3.8) is 0 Å². The van der Waals surface area contributed by atoms with Gasteiger partial charge in [-0.3, -0.25) is 4.79 Å². The molecular weight excluding hydrogens is 264 g/mol. The van der Waals surface area contributed by atoms with E-state index >= 15 is 0 Å². The Bertz CT molecular complexity index is 443. The van der Waals surface area contributed by atoms with Crippen LogP contribution in [-0.4, -0.2) is 31.7 Å². The predicted octanol–water partition coefficient (Wildman–Crippen LogP) is 1.89. The van der Waals surface area contributed by atoms with E-state index in [1.165, 1.54) is 18.4 Å². The van der Waals surface area contributed by atoms with E-state index < -0.39 is 5.54 Å². The number of ether oxygens (including phenoxy) is 1. The van der Waals surface area contributed by atoms with Gasteiger partial charge in [0.05, 0.1) is 7.11 Å². The number of methoxy groups -OCH3 is 1. The Morgan fingerprint density at radius 3 is 2.42 bits per heavy atom. The van der Waals surface area contributed by atoms with E-state index in [1.54, 1.807) is 0 Å². The predicted molar refractivity (Wildman–Crippen MR) is 78.8 cm³/mol. The summed E-state index contributed by atoms with van der Waals surface area (Å²) in [5, 5.41) is 0. The average Bonchev–Trinajstić information content (AvgIpc) is 2.39. The molecule has 0 atom stereocenters. The SMILES string of the molecule is COC(=O)C1(N)CCN(c2ccccc2C)CC1.Cl. The maximum absolute atomic E-state index is 11.6. The molecule has 0 aromatic heterocycles. The second kappa shape index (κ2) is 6.26. The Kier molecular flexibility index (Phi) is 5.20. The van der Waals surface area contributed by atoms with Gasteiger partial charge >= 0.3 is 5.97 Å². The number of para-hydroxylation sites is 1. The number of carbonyl (C=O) groups is 1. The van der Waals surface area contributed by atoms with Gasteiger partial charge in [-0.1, -0.05) is 18.2 Å². The Morgan fingerprint density at radius 2 is 1.89 bits per heavy atom. The maximum Gasteiger partial charge on any atom is 0.325 e. The lowest BCUT2D eigenvalue weighted by atomic mass is 9.88. The number of piperidine rings is 1. The Morgan fingerprint density at radius 1 is 1.32 bits per heavy atom. The first-order valence-corrected chi connectivity index (χ1v) is 6.25. The summed E-state index contributed by atoms with van der Waals surface area (Å²) in [4.78, 5) is 13.9. The molecule has 1 saturated heterocycles. The summed E-state index contributed by atoms with van der Waals surface area (Å²) in [5.41, 5.74) is 7.76. The zero-order valence-electron chi connectivity index (χ0n) is 11.4. The smallest absolute Gasteiger partial charge is 0.325 e. The molecule has 0 spiro atoms. The summed E-state index contributed by atoms with van der Waals surface area (Å²) < 4.78 is 4.77. The lowest BCUT2D eigenvalue weighted by Gasteiger charge is -2.38. The van der Waals surface area contributed by atoms with Gasteiger partial charge in [0, 0.05) is 18.8 Å². The van der Waals surface area contributed by atoms with Gasteiger partial charge in [0.15, 0.2) is 0 Å². The molecule has 1 aliphatic heterocycles. The number of anilines is 1. The van der Waals surface area contributed by atoms with E-state index in [1.807, 2.05) is 12.1 Å². The summed E-state index contributed by atoms with van der Waals surface area (Å²) in [6.07, 6.45) is 1.27. The fraction of sp³-hybridized carbons (Fsp3) is 0.500. The second-order valence-electron chi connectivity index (χ2n) is 4.92. The summed E-state index contributed by atoms with van der Waals surface area (Å²) >= 11 is 0. The molecule has 106 valence electrons. The molecule has 0 radical (unpaired) electrons. The van der Waals surface area contributed by atoms with Gasteiger partial charge in [0.1, 0.15) is 5.54 Å². The minimum absolute atomic E-state index is 0. The van der Waals surface area contributed by atoms with E-state index in [2.05, 4.69) is 24.0 Å². The standard InChI is InChI=1S/C14H20N2O2.ClH/c1-11-5-3-4-6-12(11)16-9-7-14(15,8-10-16)13(17)18-2;/h3-6H,7-10,15H2,1-2H3;1H. The molecule has 2 N–H and O–H groups in total. The average molecular weight is 285 g/mol. The van der Waals surface area contributed by atoms with Gasteiger partial charge in [0.25, 0.3) is 0 Å². The second-order valence-corrected chi connectivity index (χ2v) is 4.92. The van der Waals surface area contributed by atoms with Gasteiger partial charge in [-0.2, -0.15) is 0 Å². The van der Waals surface area contributed by atoms with Crippen molar-refractivity contribution in [1.29, 1.82) is 0 Å². The molecule has 1 aliphatic rings. The van der Waals surface area contributed by atoms with Crippen LogP contribution in [0.15, 0.2) is 24.3 Å². The normalized spacial score (nSPS) is 17.5. The summed E-state index contributed by atoms with van der Waals surface area (Å²) in [5.74, 6) is -0.299. The number of halogens is 1. The van der Waals surface area contributed by atoms with Crippen molar-refractivity contribution in [3.8, 4) is 0 Å². The summed E-state index contributed by atoms with van der Waals surface area (Å²) in [6, 6.07) is 8.27. The molecule has 0 amide bonds. The maximum atomic E-state index is 11.6. The first kappa shape index (κ1) is 15.8.